The van der Waals surface area contributed by atoms with Gasteiger partial charge in [0.05, 0.1) is 16.4 Å². The minimum absolute atomic E-state index is 0.712. The maximum atomic E-state index is 10.5. The first kappa shape index (κ1) is 28.9. The number of hydrogen-bond acceptors (Lipinski definition) is 5. The van der Waals surface area contributed by atoms with Gasteiger partial charge in [0.25, 0.3) is 0 Å². The molecule has 0 aliphatic carbocycles. The molecule has 0 fully saturated rings. The molecule has 0 aliphatic heterocycles. The highest BCUT2D eigenvalue weighted by Gasteiger charge is 2.12. The third-order valence-electron chi connectivity index (χ3n) is 6.88. The lowest BCUT2D eigenvalue weighted by atomic mass is 10.0. The smallest absolute Gasteiger partial charge is 0.172 e. The molecule has 2 aromatic heterocycles. The van der Waals surface area contributed by atoms with Gasteiger partial charge in [-0.2, -0.15) is 9.61 Å². The normalized spacial score (nSPS) is 10.6. The van der Waals surface area contributed by atoms with Gasteiger partial charge in [-0.15, -0.1) is 0 Å². The Morgan fingerprint density at radius 1 is 0.810 bits per heavy atom. The van der Waals surface area contributed by atoms with Crippen LogP contribution in [0.2, 0.25) is 0 Å². The van der Waals surface area contributed by atoms with Crippen LogP contribution in [0.15, 0.2) is 120 Å². The molecule has 0 aliphatic rings. The summed E-state index contributed by atoms with van der Waals surface area (Å²) in [5.74, 6) is 0.910. The molecule has 0 spiro atoms. The summed E-state index contributed by atoms with van der Waals surface area (Å²) in [5.41, 5.74) is 9.56. The summed E-state index contributed by atoms with van der Waals surface area (Å²) in [4.78, 5) is 15.3. The number of carbonyl (C=O) groups excluding carboxylic acids is 1. The number of rotatable bonds is 8. The summed E-state index contributed by atoms with van der Waals surface area (Å²) in [5, 5.41) is 11.2. The Labute approximate surface area is 254 Å². The first-order valence-corrected chi connectivity index (χ1v) is 14.5. The Kier molecular flexibility index (Phi) is 9.54. The van der Waals surface area contributed by atoms with Crippen LogP contribution in [0.1, 0.15) is 27.0 Å². The Morgan fingerprint density at radius 2 is 1.45 bits per heavy atom. The molecule has 42 heavy (non-hydrogen) atoms. The summed E-state index contributed by atoms with van der Waals surface area (Å²) in [6.45, 7) is 3.69. The molecule has 0 atom stereocenters. The molecule has 0 unspecified atom stereocenters. The maximum absolute atomic E-state index is 10.5. The number of aldehydes is 1. The second kappa shape index (κ2) is 13.9. The molecule has 0 bridgehead atoms. The number of hydrogen-bond donors (Lipinski definition) is 2. The molecule has 210 valence electrons. The molecule has 6 aromatic rings. The van der Waals surface area contributed by atoms with E-state index >= 15 is 0 Å². The zero-order valence-electron chi connectivity index (χ0n) is 23.6. The first-order valence-electron chi connectivity index (χ1n) is 13.7. The van der Waals surface area contributed by atoms with Crippen molar-refractivity contribution < 1.29 is 4.79 Å². The van der Waals surface area contributed by atoms with Gasteiger partial charge in [-0.05, 0) is 57.7 Å². The molecule has 0 saturated heterocycles. The second-order valence-corrected chi connectivity index (χ2v) is 10.7. The summed E-state index contributed by atoms with van der Waals surface area (Å²) in [6, 6.07) is 36.6. The van der Waals surface area contributed by atoms with Crippen LogP contribution in [0.25, 0.3) is 28.0 Å². The lowest BCUT2D eigenvalue weighted by Gasteiger charge is -2.12. The van der Waals surface area contributed by atoms with Crippen molar-refractivity contribution >= 4 is 33.7 Å². The van der Waals surface area contributed by atoms with E-state index in [1.165, 1.54) is 22.3 Å². The van der Waals surface area contributed by atoms with Crippen LogP contribution in [-0.4, -0.2) is 27.9 Å². The highest BCUT2D eigenvalue weighted by molar-refractivity contribution is 9.10. The van der Waals surface area contributed by atoms with Crippen LogP contribution >= 0.6 is 15.9 Å². The first-order chi connectivity index (χ1) is 20.6. The predicted molar refractivity (Wildman–Crippen MR) is 175 cm³/mol. The topological polar surface area (TPSA) is 71.3 Å². The number of carbonyl (C=O) groups is 1. The van der Waals surface area contributed by atoms with Gasteiger partial charge < -0.3 is 10.6 Å². The van der Waals surface area contributed by atoms with E-state index in [0.29, 0.717) is 12.1 Å². The van der Waals surface area contributed by atoms with Crippen molar-refractivity contribution in [3.8, 4) is 22.4 Å². The monoisotopic (exact) mass is 617 g/mol. The molecule has 0 amide bonds. The van der Waals surface area contributed by atoms with E-state index in [4.69, 9.17) is 4.98 Å². The van der Waals surface area contributed by atoms with Gasteiger partial charge in [-0.25, -0.2) is 4.98 Å². The molecule has 6 nitrogen and oxygen atoms in total. The largest absolute Gasteiger partial charge is 0.366 e. The standard InChI is InChI=1S/C22H22BrN5.C13H10O/c1-15-5-3-4-6-18(15)20-11-21(28-22(27-20)19(23)14-26-28)25-13-17-9-7-16(8-10-17)12-24-2;14-10-11-6-8-13(9-7-11)12-4-2-1-3-5-12/h3-11,14,24-25H,12-13H2,1-2H3;1-10H. The Hall–Kier alpha value is -4.59. The number of nitrogens with zero attached hydrogens (tertiary/aromatic N) is 3. The number of aromatic nitrogens is 3. The van der Waals surface area contributed by atoms with Gasteiger partial charge in [0, 0.05) is 30.3 Å². The third-order valence-corrected chi connectivity index (χ3v) is 7.44. The van der Waals surface area contributed by atoms with Crippen molar-refractivity contribution in [3.63, 3.8) is 0 Å². The highest BCUT2D eigenvalue weighted by atomic mass is 79.9. The zero-order chi connectivity index (χ0) is 29.3. The van der Waals surface area contributed by atoms with Crippen molar-refractivity contribution in [2.75, 3.05) is 12.4 Å². The molecule has 7 heteroatoms. The summed E-state index contributed by atoms with van der Waals surface area (Å²) < 4.78 is 2.71. The maximum Gasteiger partial charge on any atom is 0.172 e. The quantitative estimate of drug-likeness (QED) is 0.169. The van der Waals surface area contributed by atoms with Crippen LogP contribution in [0.3, 0.4) is 0 Å². The van der Waals surface area contributed by atoms with Crippen LogP contribution in [0.5, 0.6) is 0 Å². The fourth-order valence-electron chi connectivity index (χ4n) is 4.62. The number of fused-ring (bicyclic) bond motifs is 1. The number of halogens is 1. The fraction of sp³-hybridized carbons (Fsp3) is 0.114. The van der Waals surface area contributed by atoms with Crippen molar-refractivity contribution in [2.45, 2.75) is 20.0 Å². The van der Waals surface area contributed by atoms with E-state index in [2.05, 4.69) is 93.2 Å². The van der Waals surface area contributed by atoms with Gasteiger partial charge in [0.1, 0.15) is 12.1 Å². The Balaban J connectivity index is 0.000000211. The molecule has 0 radical (unpaired) electrons. The Morgan fingerprint density at radius 3 is 2.12 bits per heavy atom. The van der Waals surface area contributed by atoms with Crippen LogP contribution in [0, 0.1) is 6.92 Å². The molecular weight excluding hydrogens is 586 g/mol. The second-order valence-electron chi connectivity index (χ2n) is 9.88. The van der Waals surface area contributed by atoms with E-state index in [-0.39, 0.29) is 0 Å². The summed E-state index contributed by atoms with van der Waals surface area (Å²) in [7, 11) is 1.96. The van der Waals surface area contributed by atoms with Gasteiger partial charge in [-0.3, -0.25) is 4.79 Å². The molecular formula is C35H32BrN5O. The van der Waals surface area contributed by atoms with Crippen molar-refractivity contribution in [1.82, 2.24) is 19.9 Å². The van der Waals surface area contributed by atoms with E-state index in [9.17, 15) is 4.79 Å². The fourth-order valence-corrected chi connectivity index (χ4v) is 4.96. The van der Waals surface area contributed by atoms with E-state index in [0.717, 1.165) is 45.6 Å². The van der Waals surface area contributed by atoms with E-state index < -0.39 is 0 Å². The lowest BCUT2D eigenvalue weighted by Crippen LogP contribution is -2.08. The van der Waals surface area contributed by atoms with Crippen LogP contribution in [0.4, 0.5) is 5.82 Å². The van der Waals surface area contributed by atoms with Crippen molar-refractivity contribution in [2.24, 2.45) is 0 Å². The molecule has 4 aromatic carbocycles. The number of anilines is 1. The molecule has 2 N–H and O–H groups in total. The van der Waals surface area contributed by atoms with Crippen LogP contribution in [-0.2, 0) is 13.1 Å². The summed E-state index contributed by atoms with van der Waals surface area (Å²) in [6.07, 6.45) is 2.64. The molecule has 0 saturated carbocycles. The zero-order valence-corrected chi connectivity index (χ0v) is 25.2. The third kappa shape index (κ3) is 7.00. The minimum Gasteiger partial charge on any atom is -0.366 e. The average molecular weight is 619 g/mol. The van der Waals surface area contributed by atoms with Gasteiger partial charge in [-0.1, -0.05) is 103 Å². The number of benzene rings is 4. The predicted octanol–water partition coefficient (Wildman–Crippen LogP) is 7.96. The lowest BCUT2D eigenvalue weighted by molar-refractivity contribution is 0.112. The summed E-state index contributed by atoms with van der Waals surface area (Å²) >= 11 is 3.57. The molecule has 6 rings (SSSR count). The van der Waals surface area contributed by atoms with Gasteiger partial charge in [0.2, 0.25) is 0 Å². The van der Waals surface area contributed by atoms with Crippen molar-refractivity contribution in [1.29, 1.82) is 0 Å². The Bertz CT molecular complexity index is 1760. The minimum atomic E-state index is 0.712. The SMILES string of the molecule is CNCc1ccc(CNc2cc(-c3ccccc3C)nc3c(Br)cnn23)cc1.O=Cc1ccc(-c2ccccc2)cc1. The average Bonchev–Trinajstić information content (AvgIpc) is 3.42. The molecule has 2 heterocycles. The number of nitrogens with one attached hydrogen (secondary N) is 2. The number of aryl methyl sites for hydroxylation is 1. The van der Waals surface area contributed by atoms with Crippen molar-refractivity contribution in [3.05, 3.63) is 142 Å². The van der Waals surface area contributed by atoms with Gasteiger partial charge in [0.15, 0.2) is 5.65 Å². The van der Waals surface area contributed by atoms with Gasteiger partial charge >= 0.3 is 0 Å². The van der Waals surface area contributed by atoms with E-state index in [1.54, 1.807) is 6.20 Å². The van der Waals surface area contributed by atoms with E-state index in [1.807, 2.05) is 66.2 Å². The highest BCUT2D eigenvalue weighted by Crippen LogP contribution is 2.28. The van der Waals surface area contributed by atoms with Crippen LogP contribution < -0.4 is 10.6 Å².